The van der Waals surface area contributed by atoms with Crippen molar-refractivity contribution in [2.45, 2.75) is 38.8 Å². The minimum absolute atomic E-state index is 0.0931. The fourth-order valence-corrected chi connectivity index (χ4v) is 1.88. The third-order valence-corrected chi connectivity index (χ3v) is 3.02. The van der Waals surface area contributed by atoms with Gasteiger partial charge in [-0.2, -0.15) is 0 Å². The summed E-state index contributed by atoms with van der Waals surface area (Å²) in [6.07, 6.45) is -0.587. The van der Waals surface area contributed by atoms with Gasteiger partial charge in [-0.15, -0.1) is 0 Å². The third-order valence-electron chi connectivity index (χ3n) is 3.02. The molecule has 0 bridgehead atoms. The minimum Gasteiger partial charge on any atom is -0.508 e. The zero-order valence-corrected chi connectivity index (χ0v) is 14.8. The summed E-state index contributed by atoms with van der Waals surface area (Å²) in [5.41, 5.74) is 0.00225. The van der Waals surface area contributed by atoms with E-state index in [1.807, 2.05) is 0 Å². The van der Waals surface area contributed by atoms with E-state index >= 15 is 0 Å². The van der Waals surface area contributed by atoms with E-state index in [4.69, 9.17) is 4.74 Å². The molecule has 3 N–H and O–H groups in total. The van der Waals surface area contributed by atoms with Gasteiger partial charge in [0.15, 0.2) is 0 Å². The lowest BCUT2D eigenvalue weighted by Crippen LogP contribution is -2.50. The topological polar surface area (TPSA) is 114 Å². The van der Waals surface area contributed by atoms with Crippen LogP contribution in [0.5, 0.6) is 5.75 Å². The molecular weight excluding hydrogens is 328 g/mol. The molecule has 8 heteroatoms. The van der Waals surface area contributed by atoms with Gasteiger partial charge in [0.25, 0.3) is 0 Å². The van der Waals surface area contributed by atoms with Crippen molar-refractivity contribution in [1.82, 2.24) is 10.6 Å². The second-order valence-electron chi connectivity index (χ2n) is 6.36. The van der Waals surface area contributed by atoms with Gasteiger partial charge in [0.2, 0.25) is 5.91 Å². The standard InChI is InChI=1S/C17H24N2O6/c1-17(2,3)25-16(23)19-13(15(22)18-10-14(21)24-4)9-11-5-7-12(20)8-6-11/h5-8,13,20H,9-10H2,1-4H3,(H,18,22)(H,19,23). The predicted octanol–water partition coefficient (Wildman–Crippen LogP) is 1.12. The fourth-order valence-electron chi connectivity index (χ4n) is 1.88. The van der Waals surface area contributed by atoms with Crippen LogP contribution in [0, 0.1) is 0 Å². The number of methoxy groups -OCH3 is 1. The molecule has 0 aliphatic rings. The van der Waals surface area contributed by atoms with Crippen LogP contribution in [0.15, 0.2) is 24.3 Å². The molecule has 0 heterocycles. The van der Waals surface area contributed by atoms with E-state index in [0.29, 0.717) is 5.56 Å². The Kier molecular flexibility index (Phi) is 7.22. The van der Waals surface area contributed by atoms with Crippen molar-refractivity contribution in [3.63, 3.8) is 0 Å². The van der Waals surface area contributed by atoms with E-state index < -0.39 is 29.6 Å². The van der Waals surface area contributed by atoms with Crippen LogP contribution in [0.25, 0.3) is 0 Å². The lowest BCUT2D eigenvalue weighted by atomic mass is 10.1. The first-order valence-corrected chi connectivity index (χ1v) is 7.72. The number of hydrogen-bond acceptors (Lipinski definition) is 6. The zero-order chi connectivity index (χ0) is 19.0. The number of esters is 1. The van der Waals surface area contributed by atoms with Crippen molar-refractivity contribution in [3.8, 4) is 5.75 Å². The van der Waals surface area contributed by atoms with Crippen LogP contribution in [-0.2, 0) is 25.5 Å². The van der Waals surface area contributed by atoms with Crippen molar-refractivity contribution < 1.29 is 29.0 Å². The van der Waals surface area contributed by atoms with Crippen LogP contribution in [-0.4, -0.2) is 48.4 Å². The maximum absolute atomic E-state index is 12.3. The Bertz CT molecular complexity index is 607. The molecule has 0 radical (unpaired) electrons. The van der Waals surface area contributed by atoms with Crippen LogP contribution in [0.3, 0.4) is 0 Å². The first-order valence-electron chi connectivity index (χ1n) is 7.72. The van der Waals surface area contributed by atoms with Gasteiger partial charge in [-0.1, -0.05) is 12.1 Å². The molecule has 0 aliphatic carbocycles. The quantitative estimate of drug-likeness (QED) is 0.661. The molecule has 25 heavy (non-hydrogen) atoms. The van der Waals surface area contributed by atoms with Crippen molar-refractivity contribution >= 4 is 18.0 Å². The average Bonchev–Trinajstić information content (AvgIpc) is 2.51. The molecule has 0 fully saturated rings. The highest BCUT2D eigenvalue weighted by molar-refractivity contribution is 5.88. The summed E-state index contributed by atoms with van der Waals surface area (Å²) in [6, 6.07) is 5.27. The number of carbonyl (C=O) groups excluding carboxylic acids is 3. The summed E-state index contributed by atoms with van der Waals surface area (Å²) in [7, 11) is 1.21. The van der Waals surface area contributed by atoms with Gasteiger partial charge in [-0.3, -0.25) is 9.59 Å². The molecule has 1 unspecified atom stereocenters. The van der Waals surface area contributed by atoms with Gasteiger partial charge >= 0.3 is 12.1 Å². The van der Waals surface area contributed by atoms with Gasteiger partial charge in [-0.05, 0) is 38.5 Å². The van der Waals surface area contributed by atoms with Crippen LogP contribution in [0.4, 0.5) is 4.79 Å². The summed E-state index contributed by atoms with van der Waals surface area (Å²) in [6.45, 7) is 4.81. The number of carbonyl (C=O) groups is 3. The van der Waals surface area contributed by atoms with Crippen molar-refractivity contribution in [3.05, 3.63) is 29.8 Å². The lowest BCUT2D eigenvalue weighted by Gasteiger charge is -2.23. The molecule has 0 saturated heterocycles. The van der Waals surface area contributed by atoms with E-state index in [-0.39, 0.29) is 18.7 Å². The summed E-state index contributed by atoms with van der Waals surface area (Å²) in [5.74, 6) is -1.06. The number of amides is 2. The first kappa shape index (κ1) is 20.3. The van der Waals surface area contributed by atoms with E-state index in [9.17, 15) is 19.5 Å². The number of benzene rings is 1. The molecule has 138 valence electrons. The Morgan fingerprint density at radius 1 is 1.16 bits per heavy atom. The predicted molar refractivity (Wildman–Crippen MR) is 90.0 cm³/mol. The van der Waals surface area contributed by atoms with Crippen LogP contribution in [0.1, 0.15) is 26.3 Å². The molecule has 1 aromatic carbocycles. The van der Waals surface area contributed by atoms with Gasteiger partial charge < -0.3 is 25.2 Å². The normalized spacial score (nSPS) is 12.0. The fraction of sp³-hybridized carbons (Fsp3) is 0.471. The first-order chi connectivity index (χ1) is 11.6. The largest absolute Gasteiger partial charge is 0.508 e. The number of aromatic hydroxyl groups is 1. The smallest absolute Gasteiger partial charge is 0.408 e. The van der Waals surface area contributed by atoms with E-state index in [0.717, 1.165) is 0 Å². The Morgan fingerprint density at radius 2 is 1.76 bits per heavy atom. The Hall–Kier alpha value is -2.77. The van der Waals surface area contributed by atoms with Crippen molar-refractivity contribution in [1.29, 1.82) is 0 Å². The lowest BCUT2D eigenvalue weighted by molar-refractivity contribution is -0.141. The Morgan fingerprint density at radius 3 is 2.28 bits per heavy atom. The van der Waals surface area contributed by atoms with E-state index in [1.54, 1.807) is 32.9 Å². The molecule has 1 rings (SSSR count). The number of phenols is 1. The number of alkyl carbamates (subject to hydrolysis) is 1. The summed E-state index contributed by atoms with van der Waals surface area (Å²) in [4.78, 5) is 35.4. The molecule has 0 saturated carbocycles. The summed E-state index contributed by atoms with van der Waals surface area (Å²) < 4.78 is 9.63. The molecule has 0 aliphatic heterocycles. The monoisotopic (exact) mass is 352 g/mol. The number of ether oxygens (including phenoxy) is 2. The maximum Gasteiger partial charge on any atom is 0.408 e. The van der Waals surface area contributed by atoms with Gasteiger partial charge in [0, 0.05) is 6.42 Å². The highest BCUT2D eigenvalue weighted by Gasteiger charge is 2.25. The summed E-state index contributed by atoms with van der Waals surface area (Å²) >= 11 is 0. The summed E-state index contributed by atoms with van der Waals surface area (Å²) in [5, 5.41) is 14.2. The van der Waals surface area contributed by atoms with Crippen molar-refractivity contribution in [2.24, 2.45) is 0 Å². The average molecular weight is 352 g/mol. The second kappa shape index (κ2) is 8.91. The molecule has 8 nitrogen and oxygen atoms in total. The molecular formula is C17H24N2O6. The molecule has 0 spiro atoms. The number of phenolic OH excluding ortho intramolecular Hbond substituents is 1. The van der Waals surface area contributed by atoms with Crippen LogP contribution < -0.4 is 10.6 Å². The maximum atomic E-state index is 12.3. The van der Waals surface area contributed by atoms with Crippen LogP contribution in [0.2, 0.25) is 0 Å². The van der Waals surface area contributed by atoms with Crippen molar-refractivity contribution in [2.75, 3.05) is 13.7 Å². The number of nitrogens with one attached hydrogen (secondary N) is 2. The van der Waals surface area contributed by atoms with E-state index in [2.05, 4.69) is 15.4 Å². The highest BCUT2D eigenvalue weighted by Crippen LogP contribution is 2.12. The van der Waals surface area contributed by atoms with Gasteiger partial charge in [0.1, 0.15) is 23.9 Å². The number of rotatable bonds is 6. The minimum atomic E-state index is -0.955. The van der Waals surface area contributed by atoms with Crippen LogP contribution >= 0.6 is 0 Å². The number of hydrogen-bond donors (Lipinski definition) is 3. The van der Waals surface area contributed by atoms with Gasteiger partial charge in [0.05, 0.1) is 7.11 Å². The molecule has 2 amide bonds. The SMILES string of the molecule is COC(=O)CNC(=O)C(Cc1ccc(O)cc1)NC(=O)OC(C)(C)C. The van der Waals surface area contributed by atoms with Gasteiger partial charge in [-0.25, -0.2) is 4.79 Å². The molecule has 1 aromatic rings. The second-order valence-corrected chi connectivity index (χ2v) is 6.36. The molecule has 0 aromatic heterocycles. The Labute approximate surface area is 146 Å². The highest BCUT2D eigenvalue weighted by atomic mass is 16.6. The third kappa shape index (κ3) is 8.05. The van der Waals surface area contributed by atoms with E-state index in [1.165, 1.54) is 19.2 Å². The zero-order valence-electron chi connectivity index (χ0n) is 14.8. The molecule has 1 atom stereocenters. The Balaban J connectivity index is 2.81.